The van der Waals surface area contributed by atoms with E-state index in [-0.39, 0.29) is 0 Å². The molecule has 0 aliphatic carbocycles. The molecule has 0 amide bonds. The first-order valence-electron chi connectivity index (χ1n) is 40.5. The fourth-order valence-electron chi connectivity index (χ4n) is 15.3. The van der Waals surface area contributed by atoms with Crippen LogP contribution in [0.5, 0.6) is 0 Å². The molecule has 0 radical (unpaired) electrons. The predicted octanol–water partition coefficient (Wildman–Crippen LogP) is 35.1. The smallest absolute Gasteiger partial charge is 0.0288 e. The lowest BCUT2D eigenvalue weighted by Crippen LogP contribution is -1.89. The molecule has 16 aromatic rings. The molecule has 0 spiro atoms. The van der Waals surface area contributed by atoms with Crippen LogP contribution in [0.15, 0.2) is 364 Å². The van der Waals surface area contributed by atoms with Gasteiger partial charge in [0.25, 0.3) is 0 Å². The van der Waals surface area contributed by atoms with Crippen molar-refractivity contribution < 1.29 is 0 Å². The first-order valence-corrected chi connectivity index (χ1v) is 55.4. The van der Waals surface area contributed by atoms with Gasteiger partial charge in [-0.05, 0) is 273 Å². The summed E-state index contributed by atoms with van der Waals surface area (Å²) in [5.74, 6) is 11.1. The normalized spacial score (nSPS) is 14.2. The van der Waals surface area contributed by atoms with Crippen molar-refractivity contribution in [1.29, 1.82) is 0 Å². The molecular weight excluding hydrogens is 1680 g/mol. The molecule has 68 rings (SSSR count). The van der Waals surface area contributed by atoms with E-state index in [0.29, 0.717) is 0 Å². The molecule has 12 heteroatoms. The highest BCUT2D eigenvalue weighted by Gasteiger charge is 2.17. The van der Waals surface area contributed by atoms with E-state index >= 15 is 0 Å². The van der Waals surface area contributed by atoms with Gasteiger partial charge in [0.2, 0.25) is 0 Å². The Hall–Kier alpha value is -8.28. The van der Waals surface area contributed by atoms with Gasteiger partial charge >= 0.3 is 0 Å². The average molecular weight is 1770 g/mol. The Morgan fingerprint density at radius 2 is 0.150 bits per heavy atom. The first-order chi connectivity index (χ1) is 59.3. The van der Waals surface area contributed by atoms with E-state index in [9.17, 15) is 0 Å². The third-order valence-corrected chi connectivity index (χ3v) is 36.0. The van der Waals surface area contributed by atoms with Gasteiger partial charge in [-0.3, -0.25) is 0 Å². The van der Waals surface area contributed by atoms with Crippen molar-refractivity contribution in [3.63, 3.8) is 0 Å². The average Bonchev–Trinajstić information content (AvgIpc) is 0.811. The Labute approximate surface area is 755 Å². The van der Waals surface area contributed by atoms with E-state index < -0.39 is 0 Å². The first kappa shape index (κ1) is 81.4. The van der Waals surface area contributed by atoms with Crippen LogP contribution in [0.3, 0.4) is 0 Å². The highest BCUT2D eigenvalue weighted by atomic mass is 33.1. The van der Waals surface area contributed by atoms with Gasteiger partial charge < -0.3 is 0 Å². The molecule has 16 aromatic carbocycles. The molecule has 52 heterocycles. The second kappa shape index (κ2) is 39.5. The Kier molecular flexibility index (Phi) is 26.8. The van der Waals surface area contributed by atoms with E-state index in [4.69, 9.17) is 0 Å². The molecule has 588 valence electrons. The lowest BCUT2D eigenvalue weighted by molar-refractivity contribution is 1.41. The number of hydrogen-bond donors (Lipinski definition) is 0. The number of benzene rings is 16. The van der Waals surface area contributed by atoms with Crippen molar-refractivity contribution >= 4 is 130 Å². The molecule has 0 unspecified atom stereocenters. The Balaban J connectivity index is 0.690. The van der Waals surface area contributed by atoms with Crippen LogP contribution in [0.2, 0.25) is 0 Å². The largest absolute Gasteiger partial charge is 0.0890 e. The topological polar surface area (TPSA) is 0 Å². The second-order valence-corrected chi connectivity index (χ2v) is 45.5. The fraction of sp³-hybridized carbons (Fsp3) is 0.111. The van der Waals surface area contributed by atoms with Crippen LogP contribution in [0.4, 0.5) is 0 Å². The van der Waals surface area contributed by atoms with Crippen LogP contribution >= 0.6 is 130 Å². The molecule has 52 aliphatic rings. The third-order valence-electron chi connectivity index (χ3n) is 22.4. The van der Waals surface area contributed by atoms with Gasteiger partial charge in [-0.2, -0.15) is 0 Å². The molecular formula is C108H84S12. The second-order valence-electron chi connectivity index (χ2n) is 30.7. The Morgan fingerprint density at radius 3 is 0.217 bits per heavy atom. The van der Waals surface area contributed by atoms with E-state index in [1.807, 2.05) is 130 Å². The molecule has 0 saturated heterocycles. The maximum Gasteiger partial charge on any atom is 0.0288 e. The van der Waals surface area contributed by atoms with Gasteiger partial charge in [0, 0.05) is 69.0 Å². The molecule has 0 N–H and O–H groups in total. The molecule has 0 atom stereocenters. The van der Waals surface area contributed by atoms with Crippen LogP contribution in [-0.4, -0.2) is 0 Å². The summed E-state index contributed by atoms with van der Waals surface area (Å²) in [7, 11) is 23.2. The molecule has 36 bridgehead atoms. The minimum Gasteiger partial charge on any atom is -0.0890 e. The SMILES string of the molecule is c1cc2ccc1CSSCc1ccc(cc1)-c1cc3cc(c1)-c1ccc(cc1)CSSCc1ccc(cc1)-c1cc4cc(c1)-c1ccc(cc1)CSSCc1ccc(cc1)-c1cc(cc(c1)-c1ccc(cc1)CSSCc1ccc-3cc1)-c1ccc(cc1)CSSCc1ccc(cc1)-c1cc-2cc(c1)-c1ccc(cc1)CSSCc1ccc-4cc1. The maximum absolute atomic E-state index is 2.39. The van der Waals surface area contributed by atoms with Gasteiger partial charge in [0.15, 0.2) is 0 Å². The number of hydrogen-bond acceptors (Lipinski definition) is 12. The van der Waals surface area contributed by atoms with Gasteiger partial charge in [0.1, 0.15) is 0 Å². The Bertz CT molecular complexity index is 4760. The standard InChI is InChI=1S/C108H84S12/c1-25-85-26-2-73(1)61-109-110-62-74-3-31-88(32-4-74)100-52-101-54-102(53-100)90-35-11-80(12-36-90)68-116-118-70-82-19-43-94(44-20-82)106-56-104-58-108(60-106)96-47-23-84(24-48-96)72-120-119-71-83-21-45-95(46-22-83)107-57-103(55-105(59-107)93-41-17-81(18-42-93)69-117-115-67-79-9-33-89(101)34-10-79)91-37-13-77(14-38-91)65-113-111-63-75-5-27-86(28-6-75)98-49-97(85)50-99(51-98)87-29-7-76(8-30-87)64-112-114-66-78-15-39-92(104)40-16-78/h1-60H,61-72H2. The Morgan fingerprint density at radius 1 is 0.0833 bits per heavy atom. The summed E-state index contributed by atoms with van der Waals surface area (Å²) < 4.78 is 0. The molecule has 52 aliphatic heterocycles. The minimum absolute atomic E-state index is 0.926. The highest BCUT2D eigenvalue weighted by Crippen LogP contribution is 2.44. The van der Waals surface area contributed by atoms with Gasteiger partial charge in [0.05, 0.1) is 0 Å². The van der Waals surface area contributed by atoms with Crippen LogP contribution in [-0.2, 0) is 69.0 Å². The molecule has 0 fully saturated rings. The zero-order valence-electron chi connectivity index (χ0n) is 66.0. The molecule has 0 aromatic heterocycles. The summed E-state index contributed by atoms with van der Waals surface area (Å²) in [5.41, 5.74) is 45.2. The van der Waals surface area contributed by atoms with Crippen LogP contribution < -0.4 is 0 Å². The van der Waals surface area contributed by atoms with E-state index in [1.165, 1.54) is 200 Å². The van der Waals surface area contributed by atoms with Gasteiger partial charge in [-0.25, -0.2) is 0 Å². The van der Waals surface area contributed by atoms with Crippen molar-refractivity contribution in [1.82, 2.24) is 0 Å². The van der Waals surface area contributed by atoms with Crippen molar-refractivity contribution in [3.05, 3.63) is 431 Å². The summed E-state index contributed by atoms with van der Waals surface area (Å²) in [6, 6.07) is 141. The van der Waals surface area contributed by atoms with Crippen LogP contribution in [0, 0.1) is 0 Å². The molecule has 0 nitrogen and oxygen atoms in total. The predicted molar refractivity (Wildman–Crippen MR) is 547 cm³/mol. The zero-order chi connectivity index (χ0) is 80.2. The minimum atomic E-state index is 0.926. The molecule has 120 heavy (non-hydrogen) atoms. The van der Waals surface area contributed by atoms with E-state index in [2.05, 4.69) is 364 Å². The third kappa shape index (κ3) is 20.8. The van der Waals surface area contributed by atoms with Crippen molar-refractivity contribution in [2.75, 3.05) is 0 Å². The molecule has 0 saturated carbocycles. The zero-order valence-corrected chi connectivity index (χ0v) is 75.8. The maximum atomic E-state index is 2.39. The lowest BCUT2D eigenvalue weighted by Gasteiger charge is -2.13. The van der Waals surface area contributed by atoms with Crippen LogP contribution in [0.1, 0.15) is 66.8 Å². The lowest BCUT2D eigenvalue weighted by atomic mass is 9.92. The summed E-state index contributed by atoms with van der Waals surface area (Å²) >= 11 is 0. The fourth-order valence-corrected chi connectivity index (χ4v) is 28.2. The quantitative estimate of drug-likeness (QED) is 0.133. The van der Waals surface area contributed by atoms with Crippen LogP contribution in [0.25, 0.3) is 134 Å². The number of rotatable bonds is 0. The van der Waals surface area contributed by atoms with Crippen molar-refractivity contribution in [2.24, 2.45) is 0 Å². The summed E-state index contributed by atoms with van der Waals surface area (Å²) in [5, 5.41) is 0. The summed E-state index contributed by atoms with van der Waals surface area (Å²) in [6.07, 6.45) is 0. The van der Waals surface area contributed by atoms with E-state index in [1.54, 1.807) is 0 Å². The van der Waals surface area contributed by atoms with E-state index in [0.717, 1.165) is 69.0 Å². The van der Waals surface area contributed by atoms with Crippen molar-refractivity contribution in [3.8, 4) is 134 Å². The van der Waals surface area contributed by atoms with Gasteiger partial charge in [-0.15, -0.1) is 0 Å². The monoisotopic (exact) mass is 1760 g/mol. The summed E-state index contributed by atoms with van der Waals surface area (Å²) in [4.78, 5) is 0. The highest BCUT2D eigenvalue weighted by molar-refractivity contribution is 8.77. The van der Waals surface area contributed by atoms with Crippen molar-refractivity contribution in [2.45, 2.75) is 69.0 Å². The van der Waals surface area contributed by atoms with Gasteiger partial charge in [-0.1, -0.05) is 421 Å². The summed E-state index contributed by atoms with van der Waals surface area (Å²) in [6.45, 7) is 0.